The van der Waals surface area contributed by atoms with E-state index in [0.29, 0.717) is 17.8 Å². The van der Waals surface area contributed by atoms with Crippen molar-refractivity contribution in [2.45, 2.75) is 64.6 Å². The van der Waals surface area contributed by atoms with Crippen LogP contribution in [0.4, 0.5) is 0 Å². The van der Waals surface area contributed by atoms with Gasteiger partial charge in [0, 0.05) is 24.6 Å². The second-order valence-corrected chi connectivity index (χ2v) is 9.14. The van der Waals surface area contributed by atoms with Crippen molar-refractivity contribution < 1.29 is 4.79 Å². The first-order valence-electron chi connectivity index (χ1n) is 10.5. The molecule has 0 spiro atoms. The highest BCUT2D eigenvalue weighted by atomic mass is 16.2. The molecule has 4 aliphatic rings. The predicted molar refractivity (Wildman–Crippen MR) is 102 cm³/mol. The van der Waals surface area contributed by atoms with Crippen LogP contribution in [0.25, 0.3) is 0 Å². The Bertz CT molecular complexity index is 773. The standard InChI is InChI=1S/C21H29N5O/c1-2-19(21-11-15-8-16(12-21)10-17(9-15)13-21)23-20(27)18-4-7-26(24-18)14-25-6-3-5-22-25/h3-7,15-17,19H,2,8-14H2,1H3,(H,23,27). The lowest BCUT2D eigenvalue weighted by Crippen LogP contribution is -2.56. The molecule has 0 aliphatic heterocycles. The third-order valence-corrected chi connectivity index (χ3v) is 7.26. The summed E-state index contributed by atoms with van der Waals surface area (Å²) in [4.78, 5) is 12.9. The number of rotatable bonds is 6. The molecule has 6 heteroatoms. The van der Waals surface area contributed by atoms with Crippen LogP contribution < -0.4 is 5.32 Å². The fraction of sp³-hybridized carbons (Fsp3) is 0.667. The molecule has 2 heterocycles. The number of nitrogens with one attached hydrogen (secondary N) is 1. The van der Waals surface area contributed by atoms with Crippen LogP contribution in [-0.4, -0.2) is 31.5 Å². The van der Waals surface area contributed by atoms with Crippen LogP contribution >= 0.6 is 0 Å². The summed E-state index contributed by atoms with van der Waals surface area (Å²) in [6.07, 6.45) is 14.7. The van der Waals surface area contributed by atoms with E-state index in [1.54, 1.807) is 15.6 Å². The summed E-state index contributed by atoms with van der Waals surface area (Å²) < 4.78 is 3.55. The first-order chi connectivity index (χ1) is 13.1. The van der Waals surface area contributed by atoms with Crippen LogP contribution in [0.1, 0.15) is 62.4 Å². The summed E-state index contributed by atoms with van der Waals surface area (Å²) in [6, 6.07) is 3.97. The third-order valence-electron chi connectivity index (χ3n) is 7.26. The van der Waals surface area contributed by atoms with Gasteiger partial charge in [-0.3, -0.25) is 14.2 Å². The number of aromatic nitrogens is 4. The van der Waals surface area contributed by atoms with Gasteiger partial charge >= 0.3 is 0 Å². The van der Waals surface area contributed by atoms with Crippen molar-refractivity contribution in [1.29, 1.82) is 0 Å². The summed E-state index contributed by atoms with van der Waals surface area (Å²) in [6.45, 7) is 2.74. The first kappa shape index (κ1) is 17.0. The zero-order valence-corrected chi connectivity index (χ0v) is 16.1. The van der Waals surface area contributed by atoms with E-state index in [2.05, 4.69) is 22.4 Å². The van der Waals surface area contributed by atoms with Crippen molar-refractivity contribution >= 4 is 5.91 Å². The summed E-state index contributed by atoms with van der Waals surface area (Å²) >= 11 is 0. The maximum Gasteiger partial charge on any atom is 0.272 e. The van der Waals surface area contributed by atoms with Gasteiger partial charge in [0.05, 0.1) is 0 Å². The van der Waals surface area contributed by atoms with Gasteiger partial charge in [-0.1, -0.05) is 6.92 Å². The SMILES string of the molecule is CCC(NC(=O)c1ccn(Cn2cccn2)n1)C12CC3CC(CC(C3)C1)C2. The molecule has 4 fully saturated rings. The fourth-order valence-corrected chi connectivity index (χ4v) is 6.62. The lowest BCUT2D eigenvalue weighted by molar-refractivity contribution is -0.0727. The molecule has 144 valence electrons. The Labute approximate surface area is 160 Å². The molecule has 0 aromatic carbocycles. The van der Waals surface area contributed by atoms with E-state index in [1.807, 2.05) is 24.5 Å². The molecule has 4 bridgehead atoms. The maximum absolute atomic E-state index is 12.9. The van der Waals surface area contributed by atoms with Crippen molar-refractivity contribution in [3.05, 3.63) is 36.4 Å². The Morgan fingerprint density at radius 3 is 2.48 bits per heavy atom. The Hall–Kier alpha value is -2.11. The minimum Gasteiger partial charge on any atom is -0.347 e. The summed E-state index contributed by atoms with van der Waals surface area (Å²) in [5.41, 5.74) is 0.835. The molecule has 0 saturated heterocycles. The summed E-state index contributed by atoms with van der Waals surface area (Å²) in [5.74, 6) is 2.67. The minimum absolute atomic E-state index is 0.0307. The number of nitrogens with zero attached hydrogens (tertiary/aromatic N) is 4. The van der Waals surface area contributed by atoms with Gasteiger partial charge < -0.3 is 5.32 Å². The van der Waals surface area contributed by atoms with Crippen LogP contribution in [0, 0.1) is 23.2 Å². The Kier molecular flexibility index (Phi) is 4.10. The van der Waals surface area contributed by atoms with Gasteiger partial charge in [0.1, 0.15) is 12.4 Å². The average Bonchev–Trinajstić information content (AvgIpc) is 3.30. The molecule has 2 aromatic rings. The monoisotopic (exact) mass is 367 g/mol. The molecular formula is C21H29N5O. The van der Waals surface area contributed by atoms with Gasteiger partial charge in [0.15, 0.2) is 0 Å². The Balaban J connectivity index is 1.29. The van der Waals surface area contributed by atoms with Crippen molar-refractivity contribution in [3.63, 3.8) is 0 Å². The summed E-state index contributed by atoms with van der Waals surface area (Å²) in [5, 5.41) is 12.0. The van der Waals surface area contributed by atoms with Crippen LogP contribution in [0.15, 0.2) is 30.7 Å². The molecule has 1 atom stereocenters. The predicted octanol–water partition coefficient (Wildman–Crippen LogP) is 3.31. The van der Waals surface area contributed by atoms with Crippen LogP contribution in [0.3, 0.4) is 0 Å². The number of carbonyl (C=O) groups is 1. The second kappa shape index (κ2) is 6.50. The number of carbonyl (C=O) groups excluding carboxylic acids is 1. The van der Waals surface area contributed by atoms with Gasteiger partial charge in [0.2, 0.25) is 0 Å². The molecule has 27 heavy (non-hydrogen) atoms. The molecule has 2 aromatic heterocycles. The molecular weight excluding hydrogens is 338 g/mol. The zero-order valence-electron chi connectivity index (χ0n) is 16.1. The van der Waals surface area contributed by atoms with E-state index in [0.717, 1.165) is 24.2 Å². The van der Waals surface area contributed by atoms with Gasteiger partial charge in [-0.2, -0.15) is 10.2 Å². The lowest BCUT2D eigenvalue weighted by Gasteiger charge is -2.59. The largest absolute Gasteiger partial charge is 0.347 e. The molecule has 6 nitrogen and oxygen atoms in total. The smallest absolute Gasteiger partial charge is 0.272 e. The van der Waals surface area contributed by atoms with Crippen LogP contribution in [0.5, 0.6) is 0 Å². The van der Waals surface area contributed by atoms with E-state index in [-0.39, 0.29) is 11.9 Å². The molecule has 4 saturated carbocycles. The fourth-order valence-electron chi connectivity index (χ4n) is 6.62. The van der Waals surface area contributed by atoms with Gasteiger partial charge in [-0.05, 0) is 80.2 Å². The Morgan fingerprint density at radius 2 is 1.89 bits per heavy atom. The van der Waals surface area contributed by atoms with E-state index in [4.69, 9.17) is 0 Å². The van der Waals surface area contributed by atoms with Crippen molar-refractivity contribution in [2.24, 2.45) is 23.2 Å². The Morgan fingerprint density at radius 1 is 1.19 bits per heavy atom. The van der Waals surface area contributed by atoms with E-state index in [9.17, 15) is 4.79 Å². The van der Waals surface area contributed by atoms with Gasteiger partial charge in [-0.15, -0.1) is 0 Å². The zero-order chi connectivity index (χ0) is 18.4. The third kappa shape index (κ3) is 3.09. The molecule has 4 aliphatic carbocycles. The first-order valence-corrected chi connectivity index (χ1v) is 10.5. The molecule has 6 rings (SSSR count). The van der Waals surface area contributed by atoms with Gasteiger partial charge in [-0.25, -0.2) is 0 Å². The highest BCUT2D eigenvalue weighted by molar-refractivity contribution is 5.92. The molecule has 1 amide bonds. The minimum atomic E-state index is -0.0307. The molecule has 0 radical (unpaired) electrons. The van der Waals surface area contributed by atoms with Crippen LogP contribution in [0.2, 0.25) is 0 Å². The molecule has 1 N–H and O–H groups in total. The highest BCUT2D eigenvalue weighted by Gasteiger charge is 2.54. The van der Waals surface area contributed by atoms with Crippen molar-refractivity contribution in [1.82, 2.24) is 24.9 Å². The van der Waals surface area contributed by atoms with E-state index in [1.165, 1.54) is 38.5 Å². The summed E-state index contributed by atoms with van der Waals surface area (Å²) in [7, 11) is 0. The highest BCUT2D eigenvalue weighted by Crippen LogP contribution is 2.61. The number of hydrogen-bond donors (Lipinski definition) is 1. The van der Waals surface area contributed by atoms with Crippen molar-refractivity contribution in [3.8, 4) is 0 Å². The normalized spacial score (nSPS) is 32.6. The quantitative estimate of drug-likeness (QED) is 0.852. The second-order valence-electron chi connectivity index (χ2n) is 9.14. The topological polar surface area (TPSA) is 64.7 Å². The van der Waals surface area contributed by atoms with Gasteiger partial charge in [0.25, 0.3) is 5.91 Å². The van der Waals surface area contributed by atoms with Crippen LogP contribution in [-0.2, 0) is 6.67 Å². The van der Waals surface area contributed by atoms with E-state index < -0.39 is 0 Å². The van der Waals surface area contributed by atoms with E-state index >= 15 is 0 Å². The number of hydrogen-bond acceptors (Lipinski definition) is 3. The average molecular weight is 367 g/mol. The van der Waals surface area contributed by atoms with Crippen molar-refractivity contribution in [2.75, 3.05) is 0 Å². The number of amides is 1. The maximum atomic E-state index is 12.9. The molecule has 1 unspecified atom stereocenters. The lowest BCUT2D eigenvalue weighted by atomic mass is 9.47.